The summed E-state index contributed by atoms with van der Waals surface area (Å²) in [7, 11) is 0. The lowest BCUT2D eigenvalue weighted by Gasteiger charge is -2.05. The number of ether oxygens (including phenoxy) is 1. The lowest BCUT2D eigenvalue weighted by atomic mass is 10.2. The second-order valence-corrected chi connectivity index (χ2v) is 4.08. The van der Waals surface area contributed by atoms with Gasteiger partial charge in [0.2, 0.25) is 0 Å². The number of benzene rings is 1. The molecule has 0 amide bonds. The zero-order valence-electron chi connectivity index (χ0n) is 11.0. The van der Waals surface area contributed by atoms with Gasteiger partial charge >= 0.3 is 5.97 Å². The predicted molar refractivity (Wildman–Crippen MR) is 75.9 cm³/mol. The van der Waals surface area contributed by atoms with Gasteiger partial charge in [0.1, 0.15) is 5.69 Å². The van der Waals surface area contributed by atoms with E-state index in [2.05, 4.69) is 0 Å². The minimum atomic E-state index is -0.277. The van der Waals surface area contributed by atoms with Crippen LogP contribution in [-0.4, -0.2) is 17.1 Å². The molecule has 1 aromatic heterocycles. The van der Waals surface area contributed by atoms with Crippen molar-refractivity contribution in [3.05, 3.63) is 66.0 Å². The number of esters is 1. The fourth-order valence-corrected chi connectivity index (χ4v) is 1.83. The molecule has 0 N–H and O–H groups in total. The first-order valence-electron chi connectivity index (χ1n) is 6.35. The van der Waals surface area contributed by atoms with Gasteiger partial charge in [0.25, 0.3) is 0 Å². The Morgan fingerprint density at radius 1 is 1.21 bits per heavy atom. The molecule has 2 rings (SSSR count). The Balaban J connectivity index is 2.02. The highest BCUT2D eigenvalue weighted by Gasteiger charge is 2.10. The van der Waals surface area contributed by atoms with E-state index >= 15 is 0 Å². The molecule has 3 nitrogen and oxygen atoms in total. The summed E-state index contributed by atoms with van der Waals surface area (Å²) >= 11 is 0. The smallest absolute Gasteiger partial charge is 0.354 e. The van der Waals surface area contributed by atoms with Crippen LogP contribution in [0.25, 0.3) is 6.08 Å². The molecule has 0 saturated heterocycles. The standard InChI is InChI=1S/C16H17NO2/c1-2-19-16(18)15-11-7-13-17(15)12-6-10-14-8-4-3-5-9-14/h3-11,13H,2,12H2,1H3/b10-6+. The average molecular weight is 255 g/mol. The molecule has 0 aliphatic heterocycles. The minimum Gasteiger partial charge on any atom is -0.461 e. The van der Waals surface area contributed by atoms with Gasteiger partial charge in [-0.05, 0) is 24.6 Å². The number of carbonyl (C=O) groups is 1. The van der Waals surface area contributed by atoms with E-state index in [1.165, 1.54) is 0 Å². The third kappa shape index (κ3) is 3.58. The van der Waals surface area contributed by atoms with Gasteiger partial charge in [-0.25, -0.2) is 4.79 Å². The third-order valence-corrected chi connectivity index (χ3v) is 2.73. The Hall–Kier alpha value is -2.29. The molecule has 0 aliphatic rings. The number of hydrogen-bond acceptors (Lipinski definition) is 2. The summed E-state index contributed by atoms with van der Waals surface area (Å²) in [6.07, 6.45) is 5.94. The second kappa shape index (κ2) is 6.59. The molecule has 0 spiro atoms. The monoisotopic (exact) mass is 255 g/mol. The maximum Gasteiger partial charge on any atom is 0.354 e. The van der Waals surface area contributed by atoms with Crippen molar-refractivity contribution < 1.29 is 9.53 Å². The first-order valence-corrected chi connectivity index (χ1v) is 6.35. The Morgan fingerprint density at radius 2 is 2.00 bits per heavy atom. The van der Waals surface area contributed by atoms with E-state index in [0.717, 1.165) is 5.56 Å². The number of hydrogen-bond donors (Lipinski definition) is 0. The van der Waals surface area contributed by atoms with Gasteiger partial charge in [-0.1, -0.05) is 42.5 Å². The van der Waals surface area contributed by atoms with Gasteiger partial charge in [0.15, 0.2) is 0 Å². The van der Waals surface area contributed by atoms with Crippen LogP contribution >= 0.6 is 0 Å². The first-order chi connectivity index (χ1) is 9.31. The van der Waals surface area contributed by atoms with Crippen LogP contribution in [0.15, 0.2) is 54.7 Å². The van der Waals surface area contributed by atoms with Crippen molar-refractivity contribution in [3.8, 4) is 0 Å². The Bertz CT molecular complexity index is 555. The van der Waals surface area contributed by atoms with E-state index < -0.39 is 0 Å². The molecule has 3 heteroatoms. The summed E-state index contributed by atoms with van der Waals surface area (Å²) in [6.45, 7) is 2.85. The van der Waals surface area contributed by atoms with E-state index in [9.17, 15) is 4.79 Å². The molecule has 0 fully saturated rings. The van der Waals surface area contributed by atoms with Gasteiger partial charge in [-0.2, -0.15) is 0 Å². The van der Waals surface area contributed by atoms with E-state index in [1.54, 1.807) is 13.0 Å². The molecule has 1 heterocycles. The highest BCUT2D eigenvalue weighted by atomic mass is 16.5. The summed E-state index contributed by atoms with van der Waals surface area (Å²) in [5, 5.41) is 0. The highest BCUT2D eigenvalue weighted by molar-refractivity contribution is 5.87. The van der Waals surface area contributed by atoms with Crippen LogP contribution in [0.1, 0.15) is 23.0 Å². The second-order valence-electron chi connectivity index (χ2n) is 4.08. The molecule has 0 aliphatic carbocycles. The molecule has 2 aromatic rings. The van der Waals surface area contributed by atoms with E-state index in [1.807, 2.05) is 59.3 Å². The zero-order valence-corrected chi connectivity index (χ0v) is 11.0. The van der Waals surface area contributed by atoms with Gasteiger partial charge in [-0.3, -0.25) is 0 Å². The molecule has 0 radical (unpaired) electrons. The Morgan fingerprint density at radius 3 is 2.74 bits per heavy atom. The van der Waals surface area contributed by atoms with Crippen molar-refractivity contribution in [2.75, 3.05) is 6.61 Å². The summed E-state index contributed by atoms with van der Waals surface area (Å²) in [6, 6.07) is 13.7. The molecule has 0 saturated carbocycles. The lowest BCUT2D eigenvalue weighted by Crippen LogP contribution is -2.11. The van der Waals surface area contributed by atoms with Crippen molar-refractivity contribution in [2.45, 2.75) is 13.5 Å². The average Bonchev–Trinajstić information content (AvgIpc) is 2.89. The van der Waals surface area contributed by atoms with Crippen LogP contribution in [0.4, 0.5) is 0 Å². The van der Waals surface area contributed by atoms with Gasteiger partial charge < -0.3 is 9.30 Å². The first kappa shape index (κ1) is 13.1. The normalized spacial score (nSPS) is 10.8. The lowest BCUT2D eigenvalue weighted by molar-refractivity contribution is 0.0514. The minimum absolute atomic E-state index is 0.277. The van der Waals surface area contributed by atoms with Gasteiger partial charge in [-0.15, -0.1) is 0 Å². The third-order valence-electron chi connectivity index (χ3n) is 2.73. The zero-order chi connectivity index (χ0) is 13.5. The van der Waals surface area contributed by atoms with Crippen LogP contribution in [0.3, 0.4) is 0 Å². The highest BCUT2D eigenvalue weighted by Crippen LogP contribution is 2.06. The Labute approximate surface area is 113 Å². The number of allylic oxidation sites excluding steroid dienone is 1. The van der Waals surface area contributed by atoms with E-state index in [-0.39, 0.29) is 5.97 Å². The van der Waals surface area contributed by atoms with E-state index in [0.29, 0.717) is 18.8 Å². The summed E-state index contributed by atoms with van der Waals surface area (Å²) in [5.41, 5.74) is 1.73. The molecule has 0 atom stereocenters. The van der Waals surface area contributed by atoms with Crippen LogP contribution in [0, 0.1) is 0 Å². The van der Waals surface area contributed by atoms with Gasteiger partial charge in [0.05, 0.1) is 6.61 Å². The molecule has 1 aromatic carbocycles. The fraction of sp³-hybridized carbons (Fsp3) is 0.188. The van der Waals surface area contributed by atoms with Crippen LogP contribution in [0.2, 0.25) is 0 Å². The largest absolute Gasteiger partial charge is 0.461 e. The molecule has 0 unspecified atom stereocenters. The molecular weight excluding hydrogens is 238 g/mol. The number of rotatable bonds is 5. The SMILES string of the molecule is CCOC(=O)c1cccn1C/C=C/c1ccccc1. The molecular formula is C16H17NO2. The Kier molecular flexibility index (Phi) is 4.56. The molecule has 0 bridgehead atoms. The molecule has 98 valence electrons. The number of carbonyl (C=O) groups excluding carboxylic acids is 1. The van der Waals surface area contributed by atoms with Crippen molar-refractivity contribution in [2.24, 2.45) is 0 Å². The van der Waals surface area contributed by atoms with Crippen molar-refractivity contribution in [1.29, 1.82) is 0 Å². The maximum atomic E-state index is 11.7. The summed E-state index contributed by atoms with van der Waals surface area (Å²) in [5.74, 6) is -0.277. The summed E-state index contributed by atoms with van der Waals surface area (Å²) in [4.78, 5) is 11.7. The van der Waals surface area contributed by atoms with E-state index in [4.69, 9.17) is 4.74 Å². The van der Waals surface area contributed by atoms with Crippen LogP contribution in [0.5, 0.6) is 0 Å². The topological polar surface area (TPSA) is 31.2 Å². The van der Waals surface area contributed by atoms with Crippen molar-refractivity contribution >= 4 is 12.0 Å². The quantitative estimate of drug-likeness (QED) is 0.767. The maximum absolute atomic E-state index is 11.7. The summed E-state index contributed by atoms with van der Waals surface area (Å²) < 4.78 is 6.88. The van der Waals surface area contributed by atoms with Gasteiger partial charge in [0, 0.05) is 12.7 Å². The van der Waals surface area contributed by atoms with Crippen LogP contribution < -0.4 is 0 Å². The molecule has 19 heavy (non-hydrogen) atoms. The van der Waals surface area contributed by atoms with Crippen LogP contribution in [-0.2, 0) is 11.3 Å². The number of aromatic nitrogens is 1. The van der Waals surface area contributed by atoms with Crippen molar-refractivity contribution in [3.63, 3.8) is 0 Å². The number of nitrogens with zero attached hydrogens (tertiary/aromatic N) is 1. The van der Waals surface area contributed by atoms with Crippen molar-refractivity contribution in [1.82, 2.24) is 4.57 Å². The fourth-order valence-electron chi connectivity index (χ4n) is 1.83. The predicted octanol–water partition coefficient (Wildman–Crippen LogP) is 3.38.